The molecule has 0 aromatic heterocycles. The summed E-state index contributed by atoms with van der Waals surface area (Å²) in [4.78, 5) is 22.5. The normalized spacial score (nSPS) is 15.0. The minimum Gasteiger partial charge on any atom is -0.321 e. The monoisotopic (exact) mass is 326 g/mol. The Balaban J connectivity index is 1.94. The molecule has 0 radical (unpaired) electrons. The van der Waals surface area contributed by atoms with Gasteiger partial charge in [-0.1, -0.05) is 29.8 Å². The first-order chi connectivity index (χ1) is 11.1. The predicted octanol–water partition coefficient (Wildman–Crippen LogP) is 4.30. The van der Waals surface area contributed by atoms with Gasteiger partial charge >= 0.3 is 0 Å². The van der Waals surface area contributed by atoms with Crippen LogP contribution in [0.3, 0.4) is 0 Å². The molecule has 0 fully saturated rings. The summed E-state index contributed by atoms with van der Waals surface area (Å²) in [7, 11) is 0. The second kappa shape index (κ2) is 6.06. The lowest BCUT2D eigenvalue weighted by atomic mass is 10.1. The highest BCUT2D eigenvalue weighted by molar-refractivity contribution is 6.34. The van der Waals surface area contributed by atoms with Crippen molar-refractivity contribution >= 4 is 40.5 Å². The van der Waals surface area contributed by atoms with E-state index in [1.807, 2.05) is 0 Å². The number of nitro groups is 1. The molecule has 0 saturated carbocycles. The quantitative estimate of drug-likeness (QED) is 0.519. The number of carbonyl (C=O) groups is 1. The van der Waals surface area contributed by atoms with Crippen LogP contribution in [-0.4, -0.2) is 10.8 Å². The third kappa shape index (κ3) is 3.00. The zero-order valence-electron chi connectivity index (χ0n) is 11.8. The van der Waals surface area contributed by atoms with E-state index in [0.29, 0.717) is 21.8 Å². The second-order valence-electron chi connectivity index (χ2n) is 4.90. The standard InChI is InChI=1S/C17H11ClN2O3/c18-12-8-9-15-14(10-12)13(17(21)19-15)6-3-5-11-4-1-2-7-16(11)20(22)23/h1-10H,(H,19,21). The number of hydrogen-bond donors (Lipinski definition) is 1. The fraction of sp³-hybridized carbons (Fsp3) is 0. The van der Waals surface area contributed by atoms with Gasteiger partial charge in [0.25, 0.3) is 11.6 Å². The molecule has 114 valence electrons. The van der Waals surface area contributed by atoms with Crippen molar-refractivity contribution in [1.29, 1.82) is 0 Å². The number of fused-ring (bicyclic) bond motifs is 1. The Morgan fingerprint density at radius 1 is 1.17 bits per heavy atom. The first-order valence-corrected chi connectivity index (χ1v) is 7.17. The highest BCUT2D eigenvalue weighted by Gasteiger charge is 2.23. The summed E-state index contributed by atoms with van der Waals surface area (Å²) in [6, 6.07) is 11.6. The molecule has 2 aromatic carbocycles. The Bertz CT molecular complexity index is 872. The largest absolute Gasteiger partial charge is 0.321 e. The van der Waals surface area contributed by atoms with Crippen molar-refractivity contribution in [3.8, 4) is 0 Å². The number of benzene rings is 2. The van der Waals surface area contributed by atoms with Gasteiger partial charge in [0, 0.05) is 27.9 Å². The van der Waals surface area contributed by atoms with Crippen molar-refractivity contribution in [3.05, 3.63) is 80.9 Å². The fourth-order valence-electron chi connectivity index (χ4n) is 2.37. The summed E-state index contributed by atoms with van der Waals surface area (Å²) in [5, 5.41) is 14.3. The Kier molecular flexibility index (Phi) is 3.95. The van der Waals surface area contributed by atoms with E-state index < -0.39 is 4.92 Å². The molecule has 0 spiro atoms. The first kappa shape index (κ1) is 15.0. The number of para-hydroxylation sites is 1. The number of amides is 1. The molecule has 1 heterocycles. The van der Waals surface area contributed by atoms with Gasteiger partial charge in [-0.15, -0.1) is 0 Å². The van der Waals surface area contributed by atoms with Gasteiger partial charge in [-0.25, -0.2) is 0 Å². The van der Waals surface area contributed by atoms with Crippen molar-refractivity contribution in [2.24, 2.45) is 0 Å². The van der Waals surface area contributed by atoms with Crippen LogP contribution in [0, 0.1) is 10.1 Å². The summed E-state index contributed by atoms with van der Waals surface area (Å²) in [6.45, 7) is 0. The number of rotatable bonds is 3. The number of allylic oxidation sites excluding steroid dienone is 2. The summed E-state index contributed by atoms with van der Waals surface area (Å²) in [5.74, 6) is -0.227. The van der Waals surface area contributed by atoms with E-state index in [-0.39, 0.29) is 11.6 Å². The van der Waals surface area contributed by atoms with Crippen LogP contribution in [0.2, 0.25) is 5.02 Å². The van der Waals surface area contributed by atoms with Gasteiger partial charge in [-0.2, -0.15) is 0 Å². The van der Waals surface area contributed by atoms with E-state index in [2.05, 4.69) is 5.32 Å². The van der Waals surface area contributed by atoms with Crippen LogP contribution in [0.4, 0.5) is 11.4 Å². The van der Waals surface area contributed by atoms with Crippen LogP contribution in [0.5, 0.6) is 0 Å². The molecule has 0 unspecified atom stereocenters. The lowest BCUT2D eigenvalue weighted by Gasteiger charge is -1.98. The molecule has 23 heavy (non-hydrogen) atoms. The molecular weight excluding hydrogens is 316 g/mol. The summed E-state index contributed by atoms with van der Waals surface area (Å²) < 4.78 is 0. The summed E-state index contributed by atoms with van der Waals surface area (Å²) in [6.07, 6.45) is 4.84. The Labute approximate surface area is 137 Å². The number of carbonyl (C=O) groups excluding carboxylic acids is 1. The Morgan fingerprint density at radius 3 is 2.74 bits per heavy atom. The third-order valence-corrected chi connectivity index (χ3v) is 3.67. The Morgan fingerprint density at radius 2 is 1.96 bits per heavy atom. The van der Waals surface area contributed by atoms with Crippen LogP contribution in [0.25, 0.3) is 11.6 Å². The molecule has 0 saturated heterocycles. The van der Waals surface area contributed by atoms with Crippen LogP contribution in [0.15, 0.2) is 54.6 Å². The molecule has 6 heteroatoms. The van der Waals surface area contributed by atoms with Gasteiger partial charge < -0.3 is 5.32 Å². The maximum Gasteiger partial charge on any atom is 0.276 e. The molecule has 1 aliphatic rings. The fourth-order valence-corrected chi connectivity index (χ4v) is 2.54. The SMILES string of the molecule is O=C1Nc2ccc(Cl)cc2C1=CC=Cc1ccccc1[N+](=O)[O-]. The lowest BCUT2D eigenvalue weighted by Crippen LogP contribution is -2.03. The van der Waals surface area contributed by atoms with Crippen molar-refractivity contribution in [2.45, 2.75) is 0 Å². The molecule has 0 aliphatic carbocycles. The van der Waals surface area contributed by atoms with Crippen molar-refractivity contribution < 1.29 is 9.72 Å². The van der Waals surface area contributed by atoms with Crippen LogP contribution in [-0.2, 0) is 4.79 Å². The smallest absolute Gasteiger partial charge is 0.276 e. The minimum absolute atomic E-state index is 0.0152. The minimum atomic E-state index is -0.440. The number of anilines is 1. The van der Waals surface area contributed by atoms with Crippen LogP contribution < -0.4 is 5.32 Å². The van der Waals surface area contributed by atoms with E-state index in [4.69, 9.17) is 11.6 Å². The van der Waals surface area contributed by atoms with E-state index in [0.717, 1.165) is 5.56 Å². The Hall–Kier alpha value is -2.92. The third-order valence-electron chi connectivity index (χ3n) is 3.44. The maximum atomic E-state index is 12.0. The average molecular weight is 327 g/mol. The van der Waals surface area contributed by atoms with E-state index in [1.54, 1.807) is 54.6 Å². The van der Waals surface area contributed by atoms with Gasteiger partial charge in [0.1, 0.15) is 0 Å². The molecule has 2 aromatic rings. The van der Waals surface area contributed by atoms with Crippen molar-refractivity contribution in [1.82, 2.24) is 0 Å². The number of nitrogens with zero attached hydrogens (tertiary/aromatic N) is 1. The lowest BCUT2D eigenvalue weighted by molar-refractivity contribution is -0.385. The molecule has 5 nitrogen and oxygen atoms in total. The zero-order chi connectivity index (χ0) is 16.4. The van der Waals surface area contributed by atoms with Gasteiger partial charge in [-0.3, -0.25) is 14.9 Å². The highest BCUT2D eigenvalue weighted by Crippen LogP contribution is 2.33. The van der Waals surface area contributed by atoms with Crippen LogP contribution in [0.1, 0.15) is 11.1 Å². The van der Waals surface area contributed by atoms with Crippen LogP contribution >= 0.6 is 11.6 Å². The average Bonchev–Trinajstić information content (AvgIpc) is 2.83. The zero-order valence-corrected chi connectivity index (χ0v) is 12.6. The molecule has 1 aliphatic heterocycles. The molecular formula is C17H11ClN2O3. The van der Waals surface area contributed by atoms with Gasteiger partial charge in [0.15, 0.2) is 0 Å². The summed E-state index contributed by atoms with van der Waals surface area (Å²) in [5.41, 5.74) is 2.37. The topological polar surface area (TPSA) is 72.2 Å². The summed E-state index contributed by atoms with van der Waals surface area (Å²) >= 11 is 5.96. The predicted molar refractivity (Wildman–Crippen MR) is 90.2 cm³/mol. The van der Waals surface area contributed by atoms with Gasteiger partial charge in [0.2, 0.25) is 0 Å². The molecule has 0 atom stereocenters. The number of nitrogens with one attached hydrogen (secondary N) is 1. The van der Waals surface area contributed by atoms with Gasteiger partial charge in [0.05, 0.1) is 10.5 Å². The van der Waals surface area contributed by atoms with Gasteiger partial charge in [-0.05, 0) is 36.4 Å². The maximum absolute atomic E-state index is 12.0. The number of nitro benzene ring substituents is 1. The molecule has 0 bridgehead atoms. The molecule has 3 rings (SSSR count). The number of hydrogen-bond acceptors (Lipinski definition) is 3. The second-order valence-corrected chi connectivity index (χ2v) is 5.34. The highest BCUT2D eigenvalue weighted by atomic mass is 35.5. The van der Waals surface area contributed by atoms with E-state index >= 15 is 0 Å². The first-order valence-electron chi connectivity index (χ1n) is 6.79. The number of halogens is 1. The molecule has 1 N–H and O–H groups in total. The van der Waals surface area contributed by atoms with E-state index in [9.17, 15) is 14.9 Å². The van der Waals surface area contributed by atoms with Crippen molar-refractivity contribution in [3.63, 3.8) is 0 Å². The van der Waals surface area contributed by atoms with E-state index in [1.165, 1.54) is 6.07 Å². The molecule has 1 amide bonds. The van der Waals surface area contributed by atoms with Crippen molar-refractivity contribution in [2.75, 3.05) is 5.32 Å².